The third-order valence-electron chi connectivity index (χ3n) is 1.07. The molecule has 9 heteroatoms. The number of rotatable bonds is 4. The van der Waals surface area contributed by atoms with Crippen molar-refractivity contribution in [3.63, 3.8) is 0 Å². The monoisotopic (exact) mass is 258 g/mol. The predicted molar refractivity (Wildman–Crippen MR) is 43.3 cm³/mol. The van der Waals surface area contributed by atoms with Gasteiger partial charge in [-0.2, -0.15) is 13.2 Å². The van der Waals surface area contributed by atoms with Gasteiger partial charge in [0.25, 0.3) is 0 Å². The minimum Gasteiger partial charge on any atom is -0.243 e. The lowest BCUT2D eigenvalue weighted by Crippen LogP contribution is -2.26. The van der Waals surface area contributed by atoms with E-state index in [0.29, 0.717) is 0 Å². The van der Waals surface area contributed by atoms with E-state index in [0.717, 1.165) is 0 Å². The highest BCUT2D eigenvalue weighted by Gasteiger charge is 2.44. The maximum Gasteiger partial charge on any atom is 0.497 e. The summed E-state index contributed by atoms with van der Waals surface area (Å²) in [4.78, 5) is 0. The van der Waals surface area contributed by atoms with Crippen LogP contribution in [0.1, 0.15) is 6.42 Å². The summed E-state index contributed by atoms with van der Waals surface area (Å²) in [5.41, 5.74) is -5.24. The normalized spacial score (nSPS) is 15.7. The van der Waals surface area contributed by atoms with Gasteiger partial charge in [-0.25, -0.2) is 12.6 Å². The molecule has 0 saturated heterocycles. The lowest BCUT2D eigenvalue weighted by molar-refractivity contribution is -0.0435. The number of sulfone groups is 1. The van der Waals surface area contributed by atoms with Crippen molar-refractivity contribution in [1.82, 2.24) is 0 Å². The van der Waals surface area contributed by atoms with Crippen LogP contribution in [-0.4, -0.2) is 29.6 Å². The first-order valence-corrected chi connectivity index (χ1v) is 6.80. The van der Waals surface area contributed by atoms with E-state index in [1.165, 1.54) is 0 Å². The standard InChI is InChI=1S/C4H6ClF3O3S2/c5-12(9)2-1-3-13(10,11)4(6,7)8/h1-3H2. The van der Waals surface area contributed by atoms with Crippen molar-refractivity contribution < 1.29 is 25.8 Å². The average Bonchev–Trinajstić information content (AvgIpc) is 1.82. The molecule has 0 amide bonds. The Labute approximate surface area is 80.1 Å². The van der Waals surface area contributed by atoms with Gasteiger partial charge < -0.3 is 0 Å². The molecule has 0 radical (unpaired) electrons. The Bertz CT molecular complexity index is 283. The van der Waals surface area contributed by atoms with Gasteiger partial charge in [-0.1, -0.05) is 0 Å². The molecular formula is C4H6ClF3O3S2. The molecule has 0 aliphatic heterocycles. The van der Waals surface area contributed by atoms with Gasteiger partial charge in [-0.3, -0.25) is 0 Å². The van der Waals surface area contributed by atoms with Crippen molar-refractivity contribution in [1.29, 1.82) is 0 Å². The van der Waals surface area contributed by atoms with Gasteiger partial charge in [0.2, 0.25) is 9.84 Å². The molecule has 0 aliphatic rings. The van der Waals surface area contributed by atoms with Crippen LogP contribution in [0.25, 0.3) is 0 Å². The van der Waals surface area contributed by atoms with Gasteiger partial charge in [0, 0.05) is 5.75 Å². The molecule has 1 atom stereocenters. The van der Waals surface area contributed by atoms with Crippen molar-refractivity contribution in [2.24, 2.45) is 0 Å². The number of alkyl halides is 3. The number of hydrogen-bond donors (Lipinski definition) is 0. The van der Waals surface area contributed by atoms with Crippen molar-refractivity contribution in [2.45, 2.75) is 11.9 Å². The Morgan fingerprint density at radius 2 is 1.77 bits per heavy atom. The fraction of sp³-hybridized carbons (Fsp3) is 1.00. The second kappa shape index (κ2) is 4.61. The van der Waals surface area contributed by atoms with E-state index in [9.17, 15) is 25.8 Å². The molecule has 0 heterocycles. The Balaban J connectivity index is 4.15. The van der Waals surface area contributed by atoms with E-state index in [2.05, 4.69) is 0 Å². The third kappa shape index (κ3) is 4.82. The number of halogens is 4. The quantitative estimate of drug-likeness (QED) is 0.713. The molecule has 0 fully saturated rings. The highest BCUT2D eigenvalue weighted by Crippen LogP contribution is 2.24. The van der Waals surface area contributed by atoms with Gasteiger partial charge in [0.05, 0.1) is 5.75 Å². The molecule has 13 heavy (non-hydrogen) atoms. The molecule has 0 bridgehead atoms. The zero-order valence-electron chi connectivity index (χ0n) is 6.17. The predicted octanol–water partition coefficient (Wildman–Crippen LogP) is 1.21. The Kier molecular flexibility index (Phi) is 4.67. The van der Waals surface area contributed by atoms with Crippen molar-refractivity contribution in [3.05, 3.63) is 0 Å². The topological polar surface area (TPSA) is 51.2 Å². The van der Waals surface area contributed by atoms with E-state index in [1.807, 2.05) is 0 Å². The summed E-state index contributed by atoms with van der Waals surface area (Å²) < 4.78 is 65.9. The van der Waals surface area contributed by atoms with Crippen LogP contribution in [0.15, 0.2) is 0 Å². The lowest BCUT2D eigenvalue weighted by Gasteiger charge is -2.06. The SMILES string of the molecule is O=S(Cl)CCCS(=O)(=O)C(F)(F)F. The van der Waals surface area contributed by atoms with Crippen molar-refractivity contribution in [3.8, 4) is 0 Å². The summed E-state index contributed by atoms with van der Waals surface area (Å²) in [6, 6.07) is 0. The molecular weight excluding hydrogens is 253 g/mol. The molecule has 0 spiro atoms. The van der Waals surface area contributed by atoms with Gasteiger partial charge in [0.15, 0.2) is 0 Å². The smallest absolute Gasteiger partial charge is 0.243 e. The minimum atomic E-state index is -5.24. The molecule has 0 N–H and O–H groups in total. The molecule has 0 aromatic rings. The summed E-state index contributed by atoms with van der Waals surface area (Å²) in [5, 5.41) is 0. The van der Waals surface area contributed by atoms with Crippen LogP contribution in [-0.2, 0) is 19.9 Å². The van der Waals surface area contributed by atoms with E-state index in [1.54, 1.807) is 0 Å². The highest BCUT2D eigenvalue weighted by molar-refractivity contribution is 8.08. The molecule has 0 aliphatic carbocycles. The third-order valence-corrected chi connectivity index (χ3v) is 3.67. The van der Waals surface area contributed by atoms with E-state index >= 15 is 0 Å². The fourth-order valence-corrected chi connectivity index (χ4v) is 2.12. The maximum absolute atomic E-state index is 11.7. The van der Waals surface area contributed by atoms with Crippen molar-refractivity contribution >= 4 is 30.5 Å². The second-order valence-corrected chi connectivity index (χ2v) is 6.23. The first kappa shape index (κ1) is 13.2. The number of hydrogen-bond acceptors (Lipinski definition) is 3. The first-order chi connectivity index (χ1) is 5.67. The van der Waals surface area contributed by atoms with Gasteiger partial charge >= 0.3 is 5.51 Å². The van der Waals surface area contributed by atoms with Crippen LogP contribution in [0.2, 0.25) is 0 Å². The summed E-state index contributed by atoms with van der Waals surface area (Å²) >= 11 is 0. The van der Waals surface area contributed by atoms with Crippen LogP contribution in [0.3, 0.4) is 0 Å². The Morgan fingerprint density at radius 1 is 1.31 bits per heavy atom. The van der Waals surface area contributed by atoms with Crippen molar-refractivity contribution in [2.75, 3.05) is 11.5 Å². The largest absolute Gasteiger partial charge is 0.497 e. The van der Waals surface area contributed by atoms with Crippen LogP contribution in [0.5, 0.6) is 0 Å². The average molecular weight is 259 g/mol. The lowest BCUT2D eigenvalue weighted by atomic mass is 10.6. The summed E-state index contributed by atoms with van der Waals surface area (Å²) in [6.07, 6.45) is -0.363. The minimum absolute atomic E-state index is 0.267. The molecule has 0 rings (SSSR count). The molecule has 0 saturated carbocycles. The Hall–Kier alpha value is 0.180. The van der Waals surface area contributed by atoms with Gasteiger partial charge in [-0.05, 0) is 17.1 Å². The Morgan fingerprint density at radius 3 is 2.08 bits per heavy atom. The van der Waals surface area contributed by atoms with E-state index in [-0.39, 0.29) is 12.2 Å². The molecule has 1 unspecified atom stereocenters. The first-order valence-electron chi connectivity index (χ1n) is 3.00. The zero-order chi connectivity index (χ0) is 10.7. The molecule has 0 aromatic heterocycles. The zero-order valence-corrected chi connectivity index (χ0v) is 8.56. The van der Waals surface area contributed by atoms with E-state index < -0.39 is 31.1 Å². The summed E-state index contributed by atoms with van der Waals surface area (Å²) in [5.74, 6) is -1.34. The second-order valence-electron chi connectivity index (χ2n) is 2.11. The van der Waals surface area contributed by atoms with Crippen LogP contribution in [0, 0.1) is 0 Å². The highest BCUT2D eigenvalue weighted by atomic mass is 35.7. The van der Waals surface area contributed by atoms with E-state index in [4.69, 9.17) is 10.7 Å². The molecule has 80 valence electrons. The van der Waals surface area contributed by atoms with Gasteiger partial charge in [-0.15, -0.1) is 0 Å². The van der Waals surface area contributed by atoms with Crippen LogP contribution >= 0.6 is 10.7 Å². The van der Waals surface area contributed by atoms with Crippen LogP contribution in [0.4, 0.5) is 13.2 Å². The fourth-order valence-electron chi connectivity index (χ4n) is 0.478. The maximum atomic E-state index is 11.7. The molecule has 3 nitrogen and oxygen atoms in total. The molecule has 0 aromatic carbocycles. The summed E-state index contributed by atoms with van der Waals surface area (Å²) in [7, 11) is -1.96. The summed E-state index contributed by atoms with van der Waals surface area (Å²) in [6.45, 7) is 0. The van der Waals surface area contributed by atoms with Crippen LogP contribution < -0.4 is 0 Å². The van der Waals surface area contributed by atoms with Gasteiger partial charge in [0.1, 0.15) is 10.0 Å².